The maximum absolute atomic E-state index is 14.1. The lowest BCUT2D eigenvalue weighted by molar-refractivity contribution is -0.141. The van der Waals surface area contributed by atoms with Crippen LogP contribution in [-0.4, -0.2) is 82.7 Å². The number of anilines is 2. The number of halogens is 4. The summed E-state index contributed by atoms with van der Waals surface area (Å²) in [5.41, 5.74) is 0.995. The van der Waals surface area contributed by atoms with Crippen molar-refractivity contribution in [2.75, 3.05) is 31.5 Å². The molecule has 0 unspecified atom stereocenters. The third-order valence-electron chi connectivity index (χ3n) is 6.74. The van der Waals surface area contributed by atoms with Gasteiger partial charge in [-0.15, -0.1) is 0 Å². The lowest BCUT2D eigenvalue weighted by Crippen LogP contribution is -2.46. The van der Waals surface area contributed by atoms with E-state index in [1.807, 2.05) is 6.92 Å². The Bertz CT molecular complexity index is 1820. The molecule has 1 aliphatic heterocycles. The van der Waals surface area contributed by atoms with E-state index in [9.17, 15) is 18.0 Å². The van der Waals surface area contributed by atoms with Crippen LogP contribution in [0.4, 0.5) is 24.7 Å². The molecule has 1 amide bonds. The van der Waals surface area contributed by atoms with E-state index < -0.39 is 11.9 Å². The maximum Gasteiger partial charge on any atom is 0.435 e. The second kappa shape index (κ2) is 13.3. The summed E-state index contributed by atoms with van der Waals surface area (Å²) in [6, 6.07) is 4.92. The normalized spacial score (nSPS) is 13.3. The van der Waals surface area contributed by atoms with Gasteiger partial charge in [0.25, 0.3) is 12.4 Å². The molecule has 1 aliphatic rings. The van der Waals surface area contributed by atoms with E-state index in [1.54, 1.807) is 35.5 Å². The minimum atomic E-state index is -4.71. The number of nitrogens with zero attached hydrogens (tertiary/aromatic N) is 8. The molecule has 5 heterocycles. The predicted molar refractivity (Wildman–Crippen MR) is 157 cm³/mol. The molecule has 0 atom stereocenters. The first-order valence-corrected chi connectivity index (χ1v) is 13.9. The van der Waals surface area contributed by atoms with Gasteiger partial charge < -0.3 is 20.6 Å². The highest BCUT2D eigenvalue weighted by Crippen LogP contribution is 2.37. The molecule has 0 aliphatic carbocycles. The van der Waals surface area contributed by atoms with Gasteiger partial charge in [0.2, 0.25) is 0 Å². The number of imidazole rings is 1. The van der Waals surface area contributed by atoms with Crippen LogP contribution >= 0.6 is 11.6 Å². The first-order chi connectivity index (χ1) is 21.6. The number of carbonyl (C=O) groups is 2. The van der Waals surface area contributed by atoms with Crippen LogP contribution in [0.3, 0.4) is 0 Å². The molecular weight excluding hydrogens is 617 g/mol. The Balaban J connectivity index is 0.00000128. The van der Waals surface area contributed by atoms with Gasteiger partial charge in [-0.2, -0.15) is 18.3 Å². The van der Waals surface area contributed by atoms with Crippen molar-refractivity contribution in [3.05, 3.63) is 83.0 Å². The number of carbonyl (C=O) groups excluding carboxylic acids is 1. The van der Waals surface area contributed by atoms with E-state index in [1.165, 1.54) is 29.2 Å². The summed E-state index contributed by atoms with van der Waals surface area (Å²) in [5, 5.41) is 17.3. The smallest absolute Gasteiger partial charge is 0.435 e. The molecule has 234 valence electrons. The largest absolute Gasteiger partial charge is 0.483 e. The highest BCUT2D eigenvalue weighted by atomic mass is 35.5. The van der Waals surface area contributed by atoms with Crippen LogP contribution in [0, 0.1) is 6.92 Å². The van der Waals surface area contributed by atoms with Crippen molar-refractivity contribution in [2.45, 2.75) is 19.6 Å². The fourth-order valence-corrected chi connectivity index (χ4v) is 4.95. The van der Waals surface area contributed by atoms with Gasteiger partial charge in [-0.05, 0) is 30.7 Å². The second-order valence-electron chi connectivity index (χ2n) is 9.84. The molecule has 0 radical (unpaired) electrons. The van der Waals surface area contributed by atoms with Gasteiger partial charge in [0.15, 0.2) is 17.2 Å². The van der Waals surface area contributed by atoms with Crippen LogP contribution in [-0.2, 0) is 17.5 Å². The Kier molecular flexibility index (Phi) is 9.24. The standard InChI is InChI=1S/C27H24ClF3N10O.CH2O2/c1-16-11-34-22(35-12-16)15-40-14-19(23(38-40)27(29,30)31)21-13-36-25-24(33-6-9-41(21)25)37-17-2-3-18(20(28)10-17)26(42)39-7-4-32-5-8-39;2-1-3/h2-3,6,9-14,32H,4-5,7-8,15H2,1H3,(H,33,37);1H,(H,2,3). The van der Waals surface area contributed by atoms with Gasteiger partial charge in [-0.3, -0.25) is 18.7 Å². The van der Waals surface area contributed by atoms with Crippen molar-refractivity contribution in [3.63, 3.8) is 0 Å². The summed E-state index contributed by atoms with van der Waals surface area (Å²) in [6.45, 7) is 4.16. The summed E-state index contributed by atoms with van der Waals surface area (Å²) in [5.74, 6) is 0.465. The van der Waals surface area contributed by atoms with Crippen molar-refractivity contribution in [1.82, 2.24) is 44.3 Å². The Hall–Kier alpha value is -5.09. The third kappa shape index (κ3) is 7.02. The lowest BCUT2D eigenvalue weighted by Gasteiger charge is -2.27. The van der Waals surface area contributed by atoms with Gasteiger partial charge in [-0.1, -0.05) is 11.6 Å². The highest BCUT2D eigenvalue weighted by molar-refractivity contribution is 6.34. The lowest BCUT2D eigenvalue weighted by atomic mass is 10.1. The molecule has 6 rings (SSSR count). The fourth-order valence-electron chi connectivity index (χ4n) is 4.69. The Morgan fingerprint density at radius 3 is 2.51 bits per heavy atom. The van der Waals surface area contributed by atoms with Crippen LogP contribution in [0.25, 0.3) is 16.9 Å². The number of aryl methyl sites for hydroxylation is 1. The Labute approximate surface area is 258 Å². The average molecular weight is 643 g/mol. The number of carboxylic acid groups (broad SMARTS) is 1. The van der Waals surface area contributed by atoms with Crippen molar-refractivity contribution < 1.29 is 27.9 Å². The molecule has 17 heteroatoms. The van der Waals surface area contributed by atoms with Crippen LogP contribution in [0.15, 0.2) is 55.4 Å². The van der Waals surface area contributed by atoms with Gasteiger partial charge in [-0.25, -0.2) is 19.9 Å². The van der Waals surface area contributed by atoms with E-state index in [0.29, 0.717) is 30.2 Å². The van der Waals surface area contributed by atoms with Gasteiger partial charge in [0.05, 0.1) is 28.0 Å². The zero-order valence-electron chi connectivity index (χ0n) is 23.7. The summed E-state index contributed by atoms with van der Waals surface area (Å²) in [6.07, 6.45) is 4.07. The molecular formula is C28H26ClF3N10O3. The number of rotatable bonds is 6. The number of benzene rings is 1. The SMILES string of the molecule is Cc1cnc(Cn2cc(-c3cnc4c(Nc5ccc(C(=O)N6CCNCC6)c(Cl)c5)nccn34)c(C(F)(F)F)n2)nc1.O=CO. The predicted octanol–water partition coefficient (Wildman–Crippen LogP) is 3.90. The molecule has 1 fully saturated rings. The molecule has 4 aromatic heterocycles. The van der Waals surface area contributed by atoms with Crippen molar-refractivity contribution in [2.24, 2.45) is 0 Å². The number of hydrogen-bond donors (Lipinski definition) is 3. The van der Waals surface area contributed by atoms with E-state index in [-0.39, 0.29) is 46.7 Å². The van der Waals surface area contributed by atoms with Gasteiger partial charge in [0, 0.05) is 62.9 Å². The first kappa shape index (κ1) is 31.3. The molecule has 0 bridgehead atoms. The molecule has 5 aromatic rings. The molecule has 1 saturated heterocycles. The fraction of sp³-hybridized carbons (Fsp3) is 0.250. The molecule has 0 saturated carbocycles. The first-order valence-electron chi connectivity index (χ1n) is 13.5. The zero-order chi connectivity index (χ0) is 32.1. The number of piperazine rings is 1. The summed E-state index contributed by atoms with van der Waals surface area (Å²) in [4.78, 5) is 40.0. The van der Waals surface area contributed by atoms with E-state index >= 15 is 0 Å². The summed E-state index contributed by atoms with van der Waals surface area (Å²) >= 11 is 6.47. The monoisotopic (exact) mass is 642 g/mol. The summed E-state index contributed by atoms with van der Waals surface area (Å²) < 4.78 is 44.8. The number of alkyl halides is 3. The van der Waals surface area contributed by atoms with E-state index in [4.69, 9.17) is 21.5 Å². The minimum Gasteiger partial charge on any atom is -0.483 e. The Morgan fingerprint density at radius 2 is 1.84 bits per heavy atom. The second-order valence-corrected chi connectivity index (χ2v) is 10.3. The number of fused-ring (bicyclic) bond motifs is 1. The number of aromatic nitrogens is 7. The Morgan fingerprint density at radius 1 is 1.13 bits per heavy atom. The summed E-state index contributed by atoms with van der Waals surface area (Å²) in [7, 11) is 0. The van der Waals surface area contributed by atoms with Gasteiger partial charge >= 0.3 is 6.18 Å². The number of amides is 1. The van der Waals surface area contributed by atoms with Crippen molar-refractivity contribution in [3.8, 4) is 11.3 Å². The van der Waals surface area contributed by atoms with Crippen LogP contribution < -0.4 is 10.6 Å². The quantitative estimate of drug-likeness (QED) is 0.232. The maximum atomic E-state index is 14.1. The van der Waals surface area contributed by atoms with E-state index in [2.05, 4.69) is 35.7 Å². The van der Waals surface area contributed by atoms with E-state index in [0.717, 1.165) is 23.3 Å². The van der Waals surface area contributed by atoms with Crippen LogP contribution in [0.2, 0.25) is 5.02 Å². The number of nitrogens with one attached hydrogen (secondary N) is 2. The van der Waals surface area contributed by atoms with Crippen molar-refractivity contribution >= 4 is 41.1 Å². The van der Waals surface area contributed by atoms with Crippen LogP contribution in [0.5, 0.6) is 0 Å². The molecule has 1 aromatic carbocycles. The third-order valence-corrected chi connectivity index (χ3v) is 7.05. The highest BCUT2D eigenvalue weighted by Gasteiger charge is 2.38. The van der Waals surface area contributed by atoms with Crippen LogP contribution in [0.1, 0.15) is 27.4 Å². The molecule has 0 spiro atoms. The van der Waals surface area contributed by atoms with Crippen molar-refractivity contribution in [1.29, 1.82) is 0 Å². The minimum absolute atomic E-state index is 0.0393. The van der Waals surface area contributed by atoms with Gasteiger partial charge in [0.1, 0.15) is 12.4 Å². The molecule has 3 N–H and O–H groups in total. The molecule has 13 nitrogen and oxygen atoms in total. The zero-order valence-corrected chi connectivity index (χ0v) is 24.4. The number of hydrogen-bond acceptors (Lipinski definition) is 9. The topological polar surface area (TPSA) is 155 Å². The average Bonchev–Trinajstić information content (AvgIpc) is 3.64. The molecule has 45 heavy (non-hydrogen) atoms.